The number of halogens is 2. The van der Waals surface area contributed by atoms with Crippen LogP contribution in [-0.2, 0) is 12.8 Å². The van der Waals surface area contributed by atoms with E-state index < -0.39 is 0 Å². The number of hydrogen-bond acceptors (Lipinski definition) is 7. The van der Waals surface area contributed by atoms with Crippen molar-refractivity contribution in [1.29, 1.82) is 0 Å². The number of carbonyl (C=O) groups is 1. The molecule has 4 rings (SSSR count). The van der Waals surface area contributed by atoms with E-state index in [0.29, 0.717) is 46.3 Å². The van der Waals surface area contributed by atoms with Crippen LogP contribution in [0.2, 0.25) is 10.0 Å². The third-order valence-corrected chi connectivity index (χ3v) is 5.59. The molecule has 31 heavy (non-hydrogen) atoms. The zero-order valence-electron chi connectivity index (χ0n) is 16.8. The summed E-state index contributed by atoms with van der Waals surface area (Å²) >= 11 is 12.3. The summed E-state index contributed by atoms with van der Waals surface area (Å²) in [5.74, 6) is 1.58. The first kappa shape index (κ1) is 21.5. The molecule has 1 fully saturated rings. The van der Waals surface area contributed by atoms with Crippen molar-refractivity contribution < 1.29 is 9.90 Å². The van der Waals surface area contributed by atoms with E-state index in [-0.39, 0.29) is 18.3 Å². The minimum Gasteiger partial charge on any atom is -0.389 e. The van der Waals surface area contributed by atoms with Gasteiger partial charge >= 0.3 is 0 Å². The van der Waals surface area contributed by atoms with Gasteiger partial charge in [-0.05, 0) is 36.2 Å². The van der Waals surface area contributed by atoms with Crippen molar-refractivity contribution in [2.45, 2.75) is 25.9 Å². The summed E-state index contributed by atoms with van der Waals surface area (Å²) in [6.45, 7) is 3.06. The minimum atomic E-state index is -0.340. The number of nitrogens with one attached hydrogen (secondary N) is 1. The van der Waals surface area contributed by atoms with Crippen LogP contribution in [0.4, 0.5) is 17.6 Å². The fourth-order valence-corrected chi connectivity index (χ4v) is 3.92. The summed E-state index contributed by atoms with van der Waals surface area (Å²) < 4.78 is 0. The zero-order valence-corrected chi connectivity index (χ0v) is 18.4. The molecule has 1 saturated heterocycles. The molecular formula is C22H21Cl2N5O2. The molecule has 160 valence electrons. The number of aliphatic hydroxyl groups is 1. The summed E-state index contributed by atoms with van der Waals surface area (Å²) in [7, 11) is 0. The fraction of sp³-hybridized carbons (Fsp3) is 0.273. The zero-order chi connectivity index (χ0) is 22.0. The number of benzene rings is 1. The predicted octanol–water partition coefficient (Wildman–Crippen LogP) is 4.09. The maximum absolute atomic E-state index is 12.7. The maximum atomic E-state index is 12.7. The number of anilines is 3. The fourth-order valence-electron chi connectivity index (χ4n) is 3.31. The number of β-amino-alcohol motifs (C(OH)–C–C–N with tert-alkyl or cyclic N) is 1. The van der Waals surface area contributed by atoms with E-state index in [2.05, 4.69) is 20.3 Å². The van der Waals surface area contributed by atoms with E-state index in [1.165, 1.54) is 0 Å². The molecule has 0 amide bonds. The average Bonchev–Trinajstić information content (AvgIpc) is 2.71. The molecule has 0 atom stereocenters. The van der Waals surface area contributed by atoms with E-state index in [9.17, 15) is 9.90 Å². The number of aliphatic hydroxyl groups excluding tert-OH is 1. The van der Waals surface area contributed by atoms with Crippen LogP contribution in [-0.4, -0.2) is 45.0 Å². The Morgan fingerprint density at radius 2 is 1.90 bits per heavy atom. The molecular weight excluding hydrogens is 437 g/mol. The van der Waals surface area contributed by atoms with Gasteiger partial charge in [0.1, 0.15) is 11.6 Å². The van der Waals surface area contributed by atoms with Gasteiger partial charge in [0.15, 0.2) is 5.78 Å². The molecule has 7 nitrogen and oxygen atoms in total. The van der Waals surface area contributed by atoms with Crippen LogP contribution < -0.4 is 10.2 Å². The summed E-state index contributed by atoms with van der Waals surface area (Å²) in [6.07, 6.45) is 2.18. The summed E-state index contributed by atoms with van der Waals surface area (Å²) in [5, 5.41) is 13.4. The third kappa shape index (κ3) is 4.95. The van der Waals surface area contributed by atoms with Crippen molar-refractivity contribution in [3.8, 4) is 0 Å². The molecule has 3 heterocycles. The minimum absolute atomic E-state index is 0.140. The normalized spacial score (nSPS) is 13.7. The highest BCUT2D eigenvalue weighted by Gasteiger charge is 2.27. The van der Waals surface area contributed by atoms with E-state index in [0.717, 1.165) is 17.7 Å². The smallest absolute Gasteiger partial charge is 0.227 e. The number of Topliss-reactive ketones (excluding diaryl/α,β-unsaturated/α-hetero) is 1. The largest absolute Gasteiger partial charge is 0.389 e. The Labute approximate surface area is 190 Å². The molecule has 2 aromatic heterocycles. The van der Waals surface area contributed by atoms with Crippen molar-refractivity contribution in [3.05, 3.63) is 69.5 Å². The number of hydrogen-bond donors (Lipinski definition) is 2. The molecule has 0 radical (unpaired) electrons. The second-order valence-electron chi connectivity index (χ2n) is 7.33. The van der Waals surface area contributed by atoms with Crippen LogP contribution in [0.1, 0.15) is 28.5 Å². The number of carbonyl (C=O) groups excluding carboxylic acids is 1. The number of aryl methyl sites for hydroxylation is 1. The van der Waals surface area contributed by atoms with Gasteiger partial charge in [-0.2, -0.15) is 4.98 Å². The van der Waals surface area contributed by atoms with Crippen molar-refractivity contribution >= 4 is 46.6 Å². The van der Waals surface area contributed by atoms with Crippen LogP contribution in [0.5, 0.6) is 0 Å². The Morgan fingerprint density at radius 3 is 2.58 bits per heavy atom. The topological polar surface area (TPSA) is 91.2 Å². The highest BCUT2D eigenvalue weighted by Crippen LogP contribution is 2.26. The van der Waals surface area contributed by atoms with Gasteiger partial charge in [0, 0.05) is 37.5 Å². The van der Waals surface area contributed by atoms with Gasteiger partial charge in [-0.15, -0.1) is 0 Å². The van der Waals surface area contributed by atoms with E-state index >= 15 is 0 Å². The molecule has 2 N–H and O–H groups in total. The average molecular weight is 458 g/mol. The molecule has 0 unspecified atom stereocenters. The number of ketones is 1. The van der Waals surface area contributed by atoms with Crippen LogP contribution in [0.15, 0.2) is 42.6 Å². The van der Waals surface area contributed by atoms with Crippen molar-refractivity contribution in [1.82, 2.24) is 15.0 Å². The quantitative estimate of drug-likeness (QED) is 0.516. The molecule has 0 saturated carbocycles. The van der Waals surface area contributed by atoms with Crippen LogP contribution >= 0.6 is 23.2 Å². The van der Waals surface area contributed by atoms with Gasteiger partial charge in [0.2, 0.25) is 5.95 Å². The lowest BCUT2D eigenvalue weighted by atomic mass is 10.0. The van der Waals surface area contributed by atoms with Crippen LogP contribution in [0.25, 0.3) is 0 Å². The number of aromatic nitrogens is 3. The Morgan fingerprint density at radius 1 is 1.16 bits per heavy atom. The lowest BCUT2D eigenvalue weighted by Gasteiger charge is -2.36. The SMILES string of the molecule is CCc1cc(Nc2cc(CC(=O)c3c(Cl)cccc3Cl)ccn2)nc(N2CC(O)C2)n1. The Kier molecular flexibility index (Phi) is 6.36. The Balaban J connectivity index is 1.52. The lowest BCUT2D eigenvalue weighted by Crippen LogP contribution is -2.51. The summed E-state index contributed by atoms with van der Waals surface area (Å²) in [6, 6.07) is 10.4. The Hall–Kier alpha value is -2.74. The third-order valence-electron chi connectivity index (χ3n) is 4.96. The lowest BCUT2D eigenvalue weighted by molar-refractivity contribution is 0.0993. The van der Waals surface area contributed by atoms with Gasteiger partial charge in [-0.1, -0.05) is 36.2 Å². The molecule has 1 aliphatic heterocycles. The van der Waals surface area contributed by atoms with E-state index in [1.54, 1.807) is 36.5 Å². The highest BCUT2D eigenvalue weighted by atomic mass is 35.5. The molecule has 0 aliphatic carbocycles. The van der Waals surface area contributed by atoms with Crippen LogP contribution in [0, 0.1) is 0 Å². The van der Waals surface area contributed by atoms with Gasteiger partial charge in [0.05, 0.1) is 21.7 Å². The molecule has 0 bridgehead atoms. The standard InChI is InChI=1S/C22H21Cl2N5O2/c1-2-14-10-20(28-22(26-14)29-11-15(30)12-29)27-19-9-13(6-7-25-19)8-18(31)21-16(23)4-3-5-17(21)24/h3-7,9-10,15,30H,2,8,11-12H2,1H3,(H,25,26,27,28). The van der Waals surface area contributed by atoms with Crippen molar-refractivity contribution in [2.75, 3.05) is 23.3 Å². The first-order valence-corrected chi connectivity index (χ1v) is 10.7. The number of pyridine rings is 1. The monoisotopic (exact) mass is 457 g/mol. The molecule has 1 aliphatic rings. The van der Waals surface area contributed by atoms with Crippen molar-refractivity contribution in [3.63, 3.8) is 0 Å². The van der Waals surface area contributed by atoms with Gasteiger partial charge in [-0.25, -0.2) is 9.97 Å². The van der Waals surface area contributed by atoms with Crippen molar-refractivity contribution in [2.24, 2.45) is 0 Å². The van der Waals surface area contributed by atoms with Gasteiger partial charge < -0.3 is 15.3 Å². The molecule has 0 spiro atoms. The predicted molar refractivity (Wildman–Crippen MR) is 122 cm³/mol. The number of rotatable bonds is 7. The second kappa shape index (κ2) is 9.18. The van der Waals surface area contributed by atoms with Gasteiger partial charge in [0.25, 0.3) is 0 Å². The van der Waals surface area contributed by atoms with Crippen LogP contribution in [0.3, 0.4) is 0 Å². The number of nitrogens with zero attached hydrogens (tertiary/aromatic N) is 4. The molecule has 3 aromatic rings. The summed E-state index contributed by atoms with van der Waals surface area (Å²) in [5.41, 5.74) is 1.98. The first-order chi connectivity index (χ1) is 14.9. The second-order valence-corrected chi connectivity index (χ2v) is 8.14. The first-order valence-electron chi connectivity index (χ1n) is 9.93. The van der Waals surface area contributed by atoms with E-state index in [1.807, 2.05) is 17.9 Å². The van der Waals surface area contributed by atoms with E-state index in [4.69, 9.17) is 23.2 Å². The molecule has 1 aromatic carbocycles. The summed E-state index contributed by atoms with van der Waals surface area (Å²) in [4.78, 5) is 28.1. The highest BCUT2D eigenvalue weighted by molar-refractivity contribution is 6.39. The Bertz CT molecular complexity index is 1100. The van der Waals surface area contributed by atoms with Gasteiger partial charge in [-0.3, -0.25) is 4.79 Å². The maximum Gasteiger partial charge on any atom is 0.227 e. The molecule has 9 heteroatoms.